The fraction of sp³-hybridized carbons (Fsp3) is 0.350. The quantitative estimate of drug-likeness (QED) is 0.189. The Kier molecular flexibility index (Phi) is 6.51. The lowest BCUT2D eigenvalue weighted by atomic mass is 9.77. The standard InChI is InChI=1S/C20H12ClF9N2O3/c21-16(33)14-2-1-13(8-15(14)32(34)35)31-4-3-17(9-31,20(28,29)30)10-5-11(18(22,23)24)7-12(6-10)19(25,26)27/h1-2,5-8H,3-4,9H2. The summed E-state index contributed by atoms with van der Waals surface area (Å²) in [6.07, 6.45) is -16.9. The number of nitro groups is 1. The van der Waals surface area contributed by atoms with Gasteiger partial charge in [-0.2, -0.15) is 39.5 Å². The molecule has 1 atom stereocenters. The molecule has 190 valence electrons. The Labute approximate surface area is 195 Å². The van der Waals surface area contributed by atoms with Crippen molar-refractivity contribution < 1.29 is 49.2 Å². The summed E-state index contributed by atoms with van der Waals surface area (Å²) < 4.78 is 122. The average Bonchev–Trinajstić information content (AvgIpc) is 3.18. The Morgan fingerprint density at radius 2 is 1.49 bits per heavy atom. The largest absolute Gasteiger partial charge is 0.416 e. The number of rotatable bonds is 4. The molecule has 35 heavy (non-hydrogen) atoms. The van der Waals surface area contributed by atoms with Crippen LogP contribution in [0.4, 0.5) is 50.9 Å². The van der Waals surface area contributed by atoms with Gasteiger partial charge in [0.2, 0.25) is 0 Å². The van der Waals surface area contributed by atoms with E-state index in [4.69, 9.17) is 11.6 Å². The van der Waals surface area contributed by atoms with Crippen LogP contribution in [-0.4, -0.2) is 29.4 Å². The van der Waals surface area contributed by atoms with Crippen molar-refractivity contribution in [3.63, 3.8) is 0 Å². The Bertz CT molecular complexity index is 1150. The van der Waals surface area contributed by atoms with E-state index in [0.29, 0.717) is 0 Å². The second-order valence-corrected chi connectivity index (χ2v) is 8.12. The summed E-state index contributed by atoms with van der Waals surface area (Å²) in [4.78, 5) is 22.5. The van der Waals surface area contributed by atoms with E-state index in [0.717, 1.165) is 23.1 Å². The van der Waals surface area contributed by atoms with Gasteiger partial charge in [-0.15, -0.1) is 0 Å². The van der Waals surface area contributed by atoms with Gasteiger partial charge in [0.25, 0.3) is 10.9 Å². The zero-order valence-electron chi connectivity index (χ0n) is 17.0. The van der Waals surface area contributed by atoms with Gasteiger partial charge in [0.15, 0.2) is 0 Å². The van der Waals surface area contributed by atoms with Crippen LogP contribution in [0, 0.1) is 10.1 Å². The van der Waals surface area contributed by atoms with Crippen molar-refractivity contribution in [2.75, 3.05) is 18.0 Å². The molecule has 1 heterocycles. The van der Waals surface area contributed by atoms with Crippen LogP contribution in [0.15, 0.2) is 36.4 Å². The number of hydrogen-bond donors (Lipinski definition) is 0. The molecule has 1 aliphatic rings. The maximum atomic E-state index is 14.3. The molecular formula is C20H12ClF9N2O3. The van der Waals surface area contributed by atoms with Gasteiger partial charge in [-0.1, -0.05) is 0 Å². The van der Waals surface area contributed by atoms with E-state index in [1.807, 2.05) is 0 Å². The molecule has 5 nitrogen and oxygen atoms in total. The first-order valence-corrected chi connectivity index (χ1v) is 9.84. The van der Waals surface area contributed by atoms with Crippen LogP contribution in [-0.2, 0) is 17.8 Å². The third-order valence-corrected chi connectivity index (χ3v) is 5.91. The second kappa shape index (κ2) is 8.57. The summed E-state index contributed by atoms with van der Waals surface area (Å²) >= 11 is 5.26. The SMILES string of the molecule is O=C(Cl)c1ccc(N2CCC(c3cc(C(F)(F)F)cc(C(F)(F)F)c3)(C(F)(F)F)C2)cc1[N+](=O)[O-]. The van der Waals surface area contributed by atoms with Crippen molar-refractivity contribution >= 4 is 28.2 Å². The number of alkyl halides is 9. The number of benzene rings is 2. The molecule has 2 aromatic carbocycles. The molecule has 0 N–H and O–H groups in total. The second-order valence-electron chi connectivity index (χ2n) is 7.78. The van der Waals surface area contributed by atoms with E-state index in [-0.39, 0.29) is 23.9 Å². The summed E-state index contributed by atoms with van der Waals surface area (Å²) in [6, 6.07) is 2.49. The van der Waals surface area contributed by atoms with Crippen molar-refractivity contribution in [3.8, 4) is 0 Å². The number of carbonyl (C=O) groups excluding carboxylic acids is 1. The Morgan fingerprint density at radius 3 is 1.91 bits per heavy atom. The van der Waals surface area contributed by atoms with Crippen molar-refractivity contribution in [2.24, 2.45) is 0 Å². The molecule has 0 aromatic heterocycles. The van der Waals surface area contributed by atoms with Crippen LogP contribution in [0.1, 0.15) is 33.5 Å². The molecule has 0 bridgehead atoms. The zero-order chi connectivity index (χ0) is 26.6. The molecular weight excluding hydrogens is 523 g/mol. The van der Waals surface area contributed by atoms with Crippen LogP contribution in [0.25, 0.3) is 0 Å². The van der Waals surface area contributed by atoms with Crippen LogP contribution in [0.3, 0.4) is 0 Å². The molecule has 0 radical (unpaired) electrons. The Morgan fingerprint density at radius 1 is 0.943 bits per heavy atom. The van der Waals surface area contributed by atoms with Crippen molar-refractivity contribution in [1.82, 2.24) is 0 Å². The number of carbonyl (C=O) groups is 1. The van der Waals surface area contributed by atoms with Crippen LogP contribution >= 0.6 is 11.6 Å². The van der Waals surface area contributed by atoms with Gasteiger partial charge in [-0.25, -0.2) is 0 Å². The van der Waals surface area contributed by atoms with Crippen LogP contribution < -0.4 is 4.90 Å². The molecule has 0 aliphatic carbocycles. The average molecular weight is 535 g/mol. The minimum Gasteiger partial charge on any atom is -0.370 e. The van der Waals surface area contributed by atoms with Gasteiger partial charge >= 0.3 is 18.5 Å². The highest BCUT2D eigenvalue weighted by molar-refractivity contribution is 6.68. The Balaban J connectivity index is 2.15. The van der Waals surface area contributed by atoms with E-state index in [1.165, 1.54) is 0 Å². The van der Waals surface area contributed by atoms with Crippen molar-refractivity contribution in [3.05, 3.63) is 68.8 Å². The van der Waals surface area contributed by atoms with Crippen LogP contribution in [0.5, 0.6) is 0 Å². The number of nitrogens with zero attached hydrogens (tertiary/aromatic N) is 2. The number of hydrogen-bond acceptors (Lipinski definition) is 4. The number of nitro benzene ring substituents is 1. The fourth-order valence-electron chi connectivity index (χ4n) is 3.93. The first-order chi connectivity index (χ1) is 15.9. The first-order valence-electron chi connectivity index (χ1n) is 9.47. The van der Waals surface area contributed by atoms with Crippen LogP contribution in [0.2, 0.25) is 0 Å². The molecule has 0 spiro atoms. The van der Waals surface area contributed by atoms with Crippen molar-refractivity contribution in [2.45, 2.75) is 30.4 Å². The van der Waals surface area contributed by atoms with Crippen molar-refractivity contribution in [1.29, 1.82) is 0 Å². The topological polar surface area (TPSA) is 63.5 Å². The third-order valence-electron chi connectivity index (χ3n) is 5.71. The number of anilines is 1. The summed E-state index contributed by atoms with van der Waals surface area (Å²) in [5, 5.41) is 10.0. The molecule has 0 saturated carbocycles. The highest BCUT2D eigenvalue weighted by Gasteiger charge is 2.60. The lowest BCUT2D eigenvalue weighted by molar-refractivity contribution is -0.385. The van der Waals surface area contributed by atoms with Gasteiger partial charge in [0.1, 0.15) is 11.0 Å². The van der Waals surface area contributed by atoms with E-state index >= 15 is 0 Å². The first kappa shape index (κ1) is 26.6. The smallest absolute Gasteiger partial charge is 0.370 e. The maximum Gasteiger partial charge on any atom is 0.416 e. The highest BCUT2D eigenvalue weighted by atomic mass is 35.5. The molecule has 1 saturated heterocycles. The predicted octanol–water partition coefficient (Wildman–Crippen LogP) is 6.72. The number of halogens is 10. The van der Waals surface area contributed by atoms with Gasteiger partial charge in [-0.3, -0.25) is 14.9 Å². The summed E-state index contributed by atoms with van der Waals surface area (Å²) in [6.45, 7) is -1.64. The van der Waals surface area contributed by atoms with E-state index < -0.39 is 81.6 Å². The minimum absolute atomic E-state index is 0.0317. The van der Waals surface area contributed by atoms with Gasteiger partial charge in [-0.05, 0) is 53.9 Å². The minimum atomic E-state index is -5.36. The van der Waals surface area contributed by atoms with Gasteiger partial charge in [0.05, 0.1) is 16.1 Å². The highest BCUT2D eigenvalue weighted by Crippen LogP contribution is 2.51. The van der Waals surface area contributed by atoms with E-state index in [9.17, 15) is 54.4 Å². The lowest BCUT2D eigenvalue weighted by Crippen LogP contribution is -2.45. The zero-order valence-corrected chi connectivity index (χ0v) is 17.7. The Hall–Kier alpha value is -3.03. The third kappa shape index (κ3) is 5.02. The summed E-state index contributed by atoms with van der Waals surface area (Å²) in [7, 11) is 0. The molecule has 1 fully saturated rings. The van der Waals surface area contributed by atoms with E-state index in [2.05, 4.69) is 0 Å². The normalized spacial score (nSPS) is 19.2. The molecule has 15 heteroatoms. The fourth-order valence-corrected chi connectivity index (χ4v) is 4.09. The monoisotopic (exact) mass is 534 g/mol. The molecule has 0 amide bonds. The summed E-state index contributed by atoms with van der Waals surface area (Å²) in [5.41, 5.74) is -9.76. The molecule has 1 unspecified atom stereocenters. The van der Waals surface area contributed by atoms with Gasteiger partial charge < -0.3 is 4.90 Å². The summed E-state index contributed by atoms with van der Waals surface area (Å²) in [5.74, 6) is 0. The maximum absolute atomic E-state index is 14.3. The lowest BCUT2D eigenvalue weighted by Gasteiger charge is -2.33. The molecule has 3 rings (SSSR count). The predicted molar refractivity (Wildman–Crippen MR) is 104 cm³/mol. The molecule has 2 aromatic rings. The molecule has 1 aliphatic heterocycles. The van der Waals surface area contributed by atoms with E-state index in [1.54, 1.807) is 0 Å². The van der Waals surface area contributed by atoms with Gasteiger partial charge in [0, 0.05) is 24.8 Å².